The van der Waals surface area contributed by atoms with Gasteiger partial charge < -0.3 is 14.5 Å². The summed E-state index contributed by atoms with van der Waals surface area (Å²) >= 11 is 0. The number of nitrogens with zero attached hydrogens (tertiary/aromatic N) is 1. The molecule has 1 amide bonds. The summed E-state index contributed by atoms with van der Waals surface area (Å²) in [6.07, 6.45) is 1.60. The number of ether oxygens (including phenoxy) is 1. The Labute approximate surface area is 189 Å². The first-order valence-electron chi connectivity index (χ1n) is 10.7. The van der Waals surface area contributed by atoms with Crippen LogP contribution in [-0.4, -0.2) is 22.9 Å². The van der Waals surface area contributed by atoms with E-state index in [1.165, 1.54) is 0 Å². The summed E-state index contributed by atoms with van der Waals surface area (Å²) in [4.78, 5) is 29.6. The van der Waals surface area contributed by atoms with Gasteiger partial charge in [-0.05, 0) is 29.0 Å². The Morgan fingerprint density at radius 1 is 1.03 bits per heavy atom. The summed E-state index contributed by atoms with van der Waals surface area (Å²) in [5, 5.41) is 2.79. The van der Waals surface area contributed by atoms with Crippen LogP contribution in [0.3, 0.4) is 0 Å². The highest BCUT2D eigenvalue weighted by Gasteiger charge is 2.27. The molecule has 6 heteroatoms. The topological polar surface area (TPSA) is 81.4 Å². The minimum atomic E-state index is -0.784. The van der Waals surface area contributed by atoms with Crippen molar-refractivity contribution in [1.82, 2.24) is 10.3 Å². The largest absolute Gasteiger partial charge is 0.454 e. The molecule has 0 saturated heterocycles. The summed E-state index contributed by atoms with van der Waals surface area (Å²) in [5.41, 5.74) is 2.52. The first-order chi connectivity index (χ1) is 15.1. The molecule has 1 N–H and O–H groups in total. The maximum absolute atomic E-state index is 12.7. The summed E-state index contributed by atoms with van der Waals surface area (Å²) in [6.45, 7) is 9.95. The lowest BCUT2D eigenvalue weighted by Gasteiger charge is -2.21. The molecule has 0 fully saturated rings. The van der Waals surface area contributed by atoms with Gasteiger partial charge >= 0.3 is 5.97 Å². The van der Waals surface area contributed by atoms with Crippen molar-refractivity contribution in [2.75, 3.05) is 0 Å². The summed E-state index contributed by atoms with van der Waals surface area (Å²) in [6, 6.07) is 16.2. The lowest BCUT2D eigenvalue weighted by molar-refractivity contribution is -0.149. The number of nitrogens with one attached hydrogen (secondary N) is 1. The van der Waals surface area contributed by atoms with Gasteiger partial charge in [0.2, 0.25) is 5.89 Å². The lowest BCUT2D eigenvalue weighted by atomic mass is 9.86. The highest BCUT2D eigenvalue weighted by molar-refractivity contribution is 5.96. The molecule has 0 unspecified atom stereocenters. The molecule has 1 heterocycles. The lowest BCUT2D eigenvalue weighted by Crippen LogP contribution is -2.45. The molecule has 0 saturated carbocycles. The predicted molar refractivity (Wildman–Crippen MR) is 123 cm³/mol. The number of esters is 1. The second-order valence-electron chi connectivity index (χ2n) is 9.11. The van der Waals surface area contributed by atoms with Crippen LogP contribution in [0.2, 0.25) is 0 Å². The molecule has 0 aliphatic rings. The number of hydrogen-bond donors (Lipinski definition) is 1. The molecule has 0 radical (unpaired) electrons. The van der Waals surface area contributed by atoms with E-state index in [1.807, 2.05) is 56.3 Å². The number of rotatable bonds is 7. The number of amides is 1. The Balaban J connectivity index is 1.61. The van der Waals surface area contributed by atoms with E-state index in [-0.39, 0.29) is 23.8 Å². The Hall–Kier alpha value is -3.41. The van der Waals surface area contributed by atoms with E-state index in [1.54, 1.807) is 18.3 Å². The van der Waals surface area contributed by atoms with Crippen molar-refractivity contribution in [2.45, 2.75) is 52.7 Å². The summed E-state index contributed by atoms with van der Waals surface area (Å²) in [7, 11) is 0. The van der Waals surface area contributed by atoms with E-state index < -0.39 is 12.0 Å². The second kappa shape index (κ2) is 9.81. The summed E-state index contributed by atoms with van der Waals surface area (Å²) < 4.78 is 11.1. The van der Waals surface area contributed by atoms with Gasteiger partial charge in [-0.25, -0.2) is 9.78 Å². The first kappa shape index (κ1) is 23.3. The van der Waals surface area contributed by atoms with Crippen LogP contribution in [0, 0.1) is 5.92 Å². The smallest absolute Gasteiger partial charge is 0.329 e. The monoisotopic (exact) mass is 434 g/mol. The molecule has 3 aromatic rings. The maximum atomic E-state index is 12.7. The standard InChI is InChI=1S/C26H30N2O4/c1-17(2)23(28-24(29)19-11-13-20(14-12-19)26(3,4)5)25(30)31-16-22-27-15-21(32-22)18-9-7-6-8-10-18/h6-15,17,23H,16H2,1-5H3,(H,28,29)/t23-/m0/s1. The van der Waals surface area contributed by atoms with Crippen LogP contribution in [-0.2, 0) is 21.6 Å². The minimum absolute atomic E-state index is 0.000453. The van der Waals surface area contributed by atoms with Crippen molar-refractivity contribution in [2.24, 2.45) is 5.92 Å². The molecule has 1 aromatic heterocycles. The zero-order valence-corrected chi connectivity index (χ0v) is 19.2. The van der Waals surface area contributed by atoms with Crippen molar-refractivity contribution in [3.8, 4) is 11.3 Å². The first-order valence-corrected chi connectivity index (χ1v) is 10.7. The van der Waals surface area contributed by atoms with Crippen LogP contribution in [0.1, 0.15) is 56.4 Å². The average Bonchev–Trinajstić information content (AvgIpc) is 3.24. The van der Waals surface area contributed by atoms with E-state index in [0.29, 0.717) is 17.2 Å². The normalized spacial score (nSPS) is 12.4. The maximum Gasteiger partial charge on any atom is 0.329 e. The van der Waals surface area contributed by atoms with Gasteiger partial charge in [-0.2, -0.15) is 0 Å². The second-order valence-corrected chi connectivity index (χ2v) is 9.11. The van der Waals surface area contributed by atoms with Crippen molar-refractivity contribution in [3.05, 3.63) is 77.8 Å². The van der Waals surface area contributed by atoms with Crippen molar-refractivity contribution < 1.29 is 18.7 Å². The number of oxazole rings is 1. The predicted octanol–water partition coefficient (Wildman–Crippen LogP) is 5.14. The van der Waals surface area contributed by atoms with Gasteiger partial charge in [0.15, 0.2) is 12.4 Å². The Morgan fingerprint density at radius 2 is 1.69 bits per heavy atom. The van der Waals surface area contributed by atoms with Gasteiger partial charge in [-0.3, -0.25) is 4.79 Å². The molecule has 0 aliphatic carbocycles. The van der Waals surface area contributed by atoms with E-state index in [2.05, 4.69) is 31.1 Å². The Morgan fingerprint density at radius 3 is 2.28 bits per heavy atom. The van der Waals surface area contributed by atoms with E-state index in [4.69, 9.17) is 9.15 Å². The van der Waals surface area contributed by atoms with Gasteiger partial charge in [-0.15, -0.1) is 0 Å². The van der Waals surface area contributed by atoms with Crippen LogP contribution in [0.4, 0.5) is 0 Å². The van der Waals surface area contributed by atoms with E-state index in [9.17, 15) is 9.59 Å². The fraction of sp³-hybridized carbons (Fsp3) is 0.346. The van der Waals surface area contributed by atoms with Crippen LogP contribution < -0.4 is 5.32 Å². The van der Waals surface area contributed by atoms with Gasteiger partial charge in [0.1, 0.15) is 6.04 Å². The number of carbonyl (C=O) groups excluding carboxylic acids is 2. The summed E-state index contributed by atoms with van der Waals surface area (Å²) in [5.74, 6) is -0.0969. The van der Waals surface area contributed by atoms with Crippen molar-refractivity contribution >= 4 is 11.9 Å². The van der Waals surface area contributed by atoms with Gasteiger partial charge in [0, 0.05) is 11.1 Å². The Bertz CT molecular complexity index is 1050. The third-order valence-corrected chi connectivity index (χ3v) is 5.17. The van der Waals surface area contributed by atoms with E-state index >= 15 is 0 Å². The number of aromatic nitrogens is 1. The fourth-order valence-electron chi connectivity index (χ4n) is 3.18. The van der Waals surface area contributed by atoms with Crippen molar-refractivity contribution in [3.63, 3.8) is 0 Å². The molecule has 2 aromatic carbocycles. The molecule has 0 bridgehead atoms. The SMILES string of the molecule is CC(C)[C@H](NC(=O)c1ccc(C(C)(C)C)cc1)C(=O)OCc1ncc(-c2ccccc2)o1. The zero-order valence-electron chi connectivity index (χ0n) is 19.2. The third kappa shape index (κ3) is 5.84. The molecule has 1 atom stereocenters. The molecular weight excluding hydrogens is 404 g/mol. The third-order valence-electron chi connectivity index (χ3n) is 5.17. The fourth-order valence-corrected chi connectivity index (χ4v) is 3.18. The molecule has 168 valence electrons. The zero-order chi connectivity index (χ0) is 23.3. The molecule has 0 spiro atoms. The molecular formula is C26H30N2O4. The van der Waals surface area contributed by atoms with E-state index in [0.717, 1.165) is 11.1 Å². The minimum Gasteiger partial charge on any atom is -0.454 e. The number of benzene rings is 2. The average molecular weight is 435 g/mol. The molecule has 0 aliphatic heterocycles. The molecule has 32 heavy (non-hydrogen) atoms. The van der Waals surface area contributed by atoms with Crippen LogP contribution in [0.15, 0.2) is 65.2 Å². The highest BCUT2D eigenvalue weighted by Crippen LogP contribution is 2.23. The van der Waals surface area contributed by atoms with Crippen LogP contribution in [0.5, 0.6) is 0 Å². The van der Waals surface area contributed by atoms with Gasteiger partial charge in [0.05, 0.1) is 6.20 Å². The highest BCUT2D eigenvalue weighted by atomic mass is 16.5. The Kier molecular flexibility index (Phi) is 7.13. The molecule has 3 rings (SSSR count). The van der Waals surface area contributed by atoms with Crippen LogP contribution >= 0.6 is 0 Å². The number of carbonyl (C=O) groups is 2. The van der Waals surface area contributed by atoms with Gasteiger partial charge in [-0.1, -0.05) is 77.1 Å². The van der Waals surface area contributed by atoms with Crippen LogP contribution in [0.25, 0.3) is 11.3 Å². The molecule has 6 nitrogen and oxygen atoms in total. The quantitative estimate of drug-likeness (QED) is 0.521. The van der Waals surface area contributed by atoms with Crippen molar-refractivity contribution in [1.29, 1.82) is 0 Å². The number of hydrogen-bond acceptors (Lipinski definition) is 5. The van der Waals surface area contributed by atoms with Gasteiger partial charge in [0.25, 0.3) is 5.91 Å².